The molecular weight excluding hydrogens is 285 g/mol. The summed E-state index contributed by atoms with van der Waals surface area (Å²) in [6.07, 6.45) is -2.23. The molecule has 2 atom stereocenters. The summed E-state index contributed by atoms with van der Waals surface area (Å²) in [6.45, 7) is 0. The highest BCUT2D eigenvalue weighted by Crippen LogP contribution is 2.34. The van der Waals surface area contributed by atoms with Gasteiger partial charge in [0.05, 0.1) is 11.7 Å². The number of alkyl halides is 3. The first-order valence-electron chi connectivity index (χ1n) is 6.61. The molecule has 2 unspecified atom stereocenters. The third-order valence-electron chi connectivity index (χ3n) is 3.67. The van der Waals surface area contributed by atoms with E-state index in [2.05, 4.69) is 5.32 Å². The van der Waals surface area contributed by atoms with Gasteiger partial charge < -0.3 is 15.8 Å². The zero-order valence-electron chi connectivity index (χ0n) is 11.5. The topological polar surface area (TPSA) is 64.3 Å². The lowest BCUT2D eigenvalue weighted by molar-refractivity contribution is -0.136. The Labute approximate surface area is 120 Å². The van der Waals surface area contributed by atoms with Gasteiger partial charge in [0.25, 0.3) is 5.91 Å². The van der Waals surface area contributed by atoms with E-state index in [-0.39, 0.29) is 23.4 Å². The van der Waals surface area contributed by atoms with E-state index in [9.17, 15) is 18.0 Å². The monoisotopic (exact) mass is 302 g/mol. The molecule has 1 aliphatic rings. The van der Waals surface area contributed by atoms with E-state index in [0.29, 0.717) is 6.42 Å². The van der Waals surface area contributed by atoms with Gasteiger partial charge in [0.15, 0.2) is 0 Å². The first-order valence-corrected chi connectivity index (χ1v) is 6.61. The molecule has 1 saturated carbocycles. The molecule has 21 heavy (non-hydrogen) atoms. The maximum atomic E-state index is 12.8. The van der Waals surface area contributed by atoms with Crippen molar-refractivity contribution in [2.75, 3.05) is 12.8 Å². The van der Waals surface area contributed by atoms with Crippen LogP contribution in [-0.4, -0.2) is 25.2 Å². The Balaban J connectivity index is 2.10. The summed E-state index contributed by atoms with van der Waals surface area (Å²) < 4.78 is 43.5. The smallest absolute Gasteiger partial charge is 0.398 e. The summed E-state index contributed by atoms with van der Waals surface area (Å²) >= 11 is 0. The van der Waals surface area contributed by atoms with Crippen molar-refractivity contribution in [2.45, 2.75) is 37.6 Å². The number of anilines is 1. The first kappa shape index (κ1) is 15.6. The molecule has 7 heteroatoms. The van der Waals surface area contributed by atoms with E-state index in [1.165, 1.54) is 6.07 Å². The number of hydrogen-bond donors (Lipinski definition) is 2. The highest BCUT2D eigenvalue weighted by molar-refractivity contribution is 5.95. The summed E-state index contributed by atoms with van der Waals surface area (Å²) in [7, 11) is 1.60. The highest BCUT2D eigenvalue weighted by atomic mass is 19.4. The van der Waals surface area contributed by atoms with Gasteiger partial charge in [-0.25, -0.2) is 0 Å². The number of carbonyl (C=O) groups is 1. The molecule has 0 radical (unpaired) electrons. The summed E-state index contributed by atoms with van der Waals surface area (Å²) in [5.41, 5.74) is 3.88. The van der Waals surface area contributed by atoms with Crippen molar-refractivity contribution in [3.63, 3.8) is 0 Å². The summed E-state index contributed by atoms with van der Waals surface area (Å²) in [4.78, 5) is 12.0. The molecule has 2 rings (SSSR count). The van der Waals surface area contributed by atoms with Gasteiger partial charge in [-0.15, -0.1) is 0 Å². The van der Waals surface area contributed by atoms with Gasteiger partial charge >= 0.3 is 6.18 Å². The lowest BCUT2D eigenvalue weighted by atomic mass is 10.1. The molecule has 1 aliphatic carbocycles. The molecule has 1 fully saturated rings. The first-order chi connectivity index (χ1) is 9.81. The van der Waals surface area contributed by atoms with Gasteiger partial charge in [0, 0.05) is 24.4 Å². The largest absolute Gasteiger partial charge is 0.418 e. The zero-order chi connectivity index (χ0) is 15.6. The number of nitrogen functional groups attached to an aromatic ring is 1. The van der Waals surface area contributed by atoms with E-state index >= 15 is 0 Å². The lowest BCUT2D eigenvalue weighted by Crippen LogP contribution is -2.33. The number of rotatable bonds is 3. The molecule has 0 bridgehead atoms. The zero-order valence-corrected chi connectivity index (χ0v) is 11.5. The fraction of sp³-hybridized carbons (Fsp3) is 0.500. The summed E-state index contributed by atoms with van der Waals surface area (Å²) in [6, 6.07) is 3.11. The fourth-order valence-corrected chi connectivity index (χ4v) is 2.50. The molecule has 0 aromatic heterocycles. The highest BCUT2D eigenvalue weighted by Gasteiger charge is 2.34. The number of hydrogen-bond acceptors (Lipinski definition) is 3. The van der Waals surface area contributed by atoms with Crippen molar-refractivity contribution < 1.29 is 22.7 Å². The molecule has 0 saturated heterocycles. The quantitative estimate of drug-likeness (QED) is 0.844. The van der Waals surface area contributed by atoms with E-state index < -0.39 is 17.6 Å². The van der Waals surface area contributed by atoms with E-state index in [0.717, 1.165) is 25.0 Å². The molecule has 0 spiro atoms. The van der Waals surface area contributed by atoms with Gasteiger partial charge in [0.2, 0.25) is 0 Å². The van der Waals surface area contributed by atoms with Crippen LogP contribution in [0.1, 0.15) is 35.2 Å². The number of amides is 1. The van der Waals surface area contributed by atoms with Crippen molar-refractivity contribution in [1.82, 2.24) is 5.32 Å². The van der Waals surface area contributed by atoms with Crippen molar-refractivity contribution in [1.29, 1.82) is 0 Å². The molecule has 4 nitrogen and oxygen atoms in total. The number of benzene rings is 1. The summed E-state index contributed by atoms with van der Waals surface area (Å²) in [5.74, 6) is -0.526. The second-order valence-electron chi connectivity index (χ2n) is 5.14. The van der Waals surface area contributed by atoms with Gasteiger partial charge in [-0.2, -0.15) is 13.2 Å². The molecule has 0 aliphatic heterocycles. The van der Waals surface area contributed by atoms with Crippen LogP contribution in [0.5, 0.6) is 0 Å². The van der Waals surface area contributed by atoms with Crippen LogP contribution in [0.4, 0.5) is 18.9 Å². The summed E-state index contributed by atoms with van der Waals surface area (Å²) in [5, 5.41) is 2.73. The van der Waals surface area contributed by atoms with Crippen LogP contribution in [0.15, 0.2) is 18.2 Å². The number of halogens is 3. The number of nitrogens with one attached hydrogen (secondary N) is 1. The van der Waals surface area contributed by atoms with Crippen molar-refractivity contribution in [2.24, 2.45) is 0 Å². The third-order valence-corrected chi connectivity index (χ3v) is 3.67. The van der Waals surface area contributed by atoms with E-state index in [1.54, 1.807) is 7.11 Å². The minimum atomic E-state index is -4.57. The minimum Gasteiger partial charge on any atom is -0.398 e. The van der Waals surface area contributed by atoms with Crippen molar-refractivity contribution in [3.8, 4) is 0 Å². The molecule has 1 aromatic rings. The Kier molecular flexibility index (Phi) is 4.41. The maximum absolute atomic E-state index is 12.8. The normalized spacial score (nSPS) is 22.3. The second kappa shape index (κ2) is 5.93. The number of carbonyl (C=O) groups excluding carboxylic acids is 1. The minimum absolute atomic E-state index is 0.0441. The SMILES string of the molecule is COC1CCC(NC(=O)c2ccc(N)c(C(F)(F)F)c2)C1. The lowest BCUT2D eigenvalue weighted by Gasteiger charge is -2.15. The molecule has 1 aromatic carbocycles. The molecule has 1 amide bonds. The van der Waals surface area contributed by atoms with Gasteiger partial charge in [-0.3, -0.25) is 4.79 Å². The fourth-order valence-electron chi connectivity index (χ4n) is 2.50. The van der Waals surface area contributed by atoms with Crippen LogP contribution < -0.4 is 11.1 Å². The average molecular weight is 302 g/mol. The predicted molar refractivity (Wildman–Crippen MR) is 71.8 cm³/mol. The van der Waals surface area contributed by atoms with Crippen LogP contribution in [0.2, 0.25) is 0 Å². The van der Waals surface area contributed by atoms with Gasteiger partial charge in [-0.05, 0) is 37.5 Å². The van der Waals surface area contributed by atoms with Crippen LogP contribution in [-0.2, 0) is 10.9 Å². The Morgan fingerprint density at radius 3 is 2.67 bits per heavy atom. The van der Waals surface area contributed by atoms with E-state index in [1.807, 2.05) is 0 Å². The number of nitrogens with two attached hydrogens (primary N) is 1. The molecule has 0 heterocycles. The average Bonchev–Trinajstić information content (AvgIpc) is 2.85. The van der Waals surface area contributed by atoms with Gasteiger partial charge in [-0.1, -0.05) is 0 Å². The Bertz CT molecular complexity index is 531. The molecular formula is C14H17F3N2O2. The van der Waals surface area contributed by atoms with E-state index in [4.69, 9.17) is 10.5 Å². The predicted octanol–water partition coefficient (Wildman–Crippen LogP) is 2.58. The molecule has 116 valence electrons. The van der Waals surface area contributed by atoms with Crippen LogP contribution in [0.3, 0.4) is 0 Å². The number of methoxy groups -OCH3 is 1. The van der Waals surface area contributed by atoms with Crippen LogP contribution in [0.25, 0.3) is 0 Å². The maximum Gasteiger partial charge on any atom is 0.418 e. The van der Waals surface area contributed by atoms with Crippen LogP contribution >= 0.6 is 0 Å². The Hall–Kier alpha value is -1.76. The standard InChI is InChI=1S/C14H17F3N2O2/c1-21-10-4-3-9(7-10)19-13(20)8-2-5-12(18)11(6-8)14(15,16)17/h2,5-6,9-10H,3-4,7,18H2,1H3,(H,19,20). The molecule has 3 N–H and O–H groups in total. The Morgan fingerprint density at radius 2 is 2.10 bits per heavy atom. The van der Waals surface area contributed by atoms with Crippen molar-refractivity contribution >= 4 is 11.6 Å². The number of ether oxygens (including phenoxy) is 1. The Morgan fingerprint density at radius 1 is 1.38 bits per heavy atom. The van der Waals surface area contributed by atoms with Gasteiger partial charge in [0.1, 0.15) is 0 Å². The second-order valence-corrected chi connectivity index (χ2v) is 5.14. The van der Waals surface area contributed by atoms with Crippen molar-refractivity contribution in [3.05, 3.63) is 29.3 Å². The third kappa shape index (κ3) is 3.66. The van der Waals surface area contributed by atoms with Crippen LogP contribution in [0, 0.1) is 0 Å².